The van der Waals surface area contributed by atoms with Gasteiger partial charge in [-0.3, -0.25) is 0 Å². The van der Waals surface area contributed by atoms with Gasteiger partial charge in [0.2, 0.25) is 0 Å². The van der Waals surface area contributed by atoms with E-state index in [0.29, 0.717) is 0 Å². The summed E-state index contributed by atoms with van der Waals surface area (Å²) >= 11 is 3.63. The zero-order valence-electron chi connectivity index (χ0n) is 2.76. The molecule has 3 heteroatoms. The Bertz CT molecular complexity index is 23.6. The summed E-state index contributed by atoms with van der Waals surface area (Å²) in [5.74, 6) is 0. The number of thiol groups is 1. The van der Waals surface area contributed by atoms with Gasteiger partial charge in [-0.15, -0.1) is 0 Å². The van der Waals surface area contributed by atoms with Crippen LogP contribution in [0.15, 0.2) is 0 Å². The highest BCUT2D eigenvalue weighted by molar-refractivity contribution is 7.82. The molecule has 1 N–H and O–H groups in total. The Balaban J connectivity index is 2.54. The van der Waals surface area contributed by atoms with Crippen molar-refractivity contribution in [2.75, 3.05) is 6.61 Å². The molecule has 0 bridgehead atoms. The summed E-state index contributed by atoms with van der Waals surface area (Å²) in [5, 5.41) is 7.58. The van der Waals surface area contributed by atoms with Crippen LogP contribution >= 0.6 is 12.6 Å². The number of rotatable bonds is 1. The van der Waals surface area contributed by atoms with Crippen LogP contribution in [0, 0.1) is 0 Å². The van der Waals surface area contributed by atoms with Gasteiger partial charge < -0.3 is 5.11 Å². The lowest BCUT2D eigenvalue weighted by molar-refractivity contribution is 0.314. The second-order valence-electron chi connectivity index (χ2n) is 0.750. The maximum atomic E-state index is 7.94. The maximum absolute atomic E-state index is 7.94. The van der Waals surface area contributed by atoms with Crippen LogP contribution in [0.25, 0.3) is 0 Å². The Kier molecular flexibility index (Phi) is 2.80. The molecule has 1 nitrogen and oxygen atoms in total. The van der Waals surface area contributed by atoms with E-state index in [1.165, 1.54) is 0 Å². The van der Waals surface area contributed by atoms with Gasteiger partial charge in [-0.05, 0) is 5.15 Å². The molecule has 5 heavy (non-hydrogen) atoms. The van der Waals surface area contributed by atoms with Gasteiger partial charge >= 0.3 is 0 Å². The smallest absolute Gasteiger partial charge is 0.0874 e. The molecule has 0 aromatic rings. The summed E-state index contributed by atoms with van der Waals surface area (Å²) in [7, 11) is 4.91. The minimum Gasteiger partial charge on any atom is -0.396 e. The van der Waals surface area contributed by atoms with Crippen molar-refractivity contribution in [3.8, 4) is 0 Å². The van der Waals surface area contributed by atoms with Gasteiger partial charge in [0.05, 0.1) is 7.85 Å². The first-order valence-electron chi connectivity index (χ1n) is 1.32. The quantitative estimate of drug-likeness (QED) is 0.324. The van der Waals surface area contributed by atoms with E-state index in [1.54, 1.807) is 0 Å². The van der Waals surface area contributed by atoms with E-state index in [9.17, 15) is 0 Å². The molecule has 0 aliphatic carbocycles. The molecule has 0 saturated heterocycles. The minimum absolute atomic E-state index is 0.0525. The van der Waals surface area contributed by atoms with Crippen LogP contribution in [-0.4, -0.2) is 24.7 Å². The predicted octanol–water partition coefficient (Wildman–Crippen LogP) is -0.597. The fraction of sp³-hybridized carbons (Fsp3) is 1.00. The van der Waals surface area contributed by atoms with Crippen molar-refractivity contribution in [2.45, 2.75) is 5.15 Å². The van der Waals surface area contributed by atoms with E-state index in [2.05, 4.69) is 12.6 Å². The first kappa shape index (κ1) is 5.37. The van der Waals surface area contributed by atoms with Crippen LogP contribution in [0.2, 0.25) is 0 Å². The second-order valence-corrected chi connectivity index (χ2v) is 1.41. The Labute approximate surface area is 38.2 Å². The summed E-state index contributed by atoms with van der Waals surface area (Å²) in [4.78, 5) is 0. The van der Waals surface area contributed by atoms with E-state index < -0.39 is 0 Å². The predicted molar refractivity (Wildman–Crippen MR) is 25.6 cm³/mol. The van der Waals surface area contributed by atoms with Crippen molar-refractivity contribution >= 4 is 20.5 Å². The van der Waals surface area contributed by atoms with Crippen LogP contribution in [0.1, 0.15) is 0 Å². The molecule has 0 saturated carbocycles. The summed E-state index contributed by atoms with van der Waals surface area (Å²) in [6.45, 7) is -0.0525. The van der Waals surface area contributed by atoms with Gasteiger partial charge in [0.25, 0.3) is 0 Å². The zero-order chi connectivity index (χ0) is 4.28. The molecular weight excluding hydrogens is 82.9 g/mol. The molecule has 2 radical (unpaired) electrons. The van der Waals surface area contributed by atoms with Crippen molar-refractivity contribution in [3.63, 3.8) is 0 Å². The summed E-state index contributed by atoms with van der Waals surface area (Å²) in [6, 6.07) is 0. The molecule has 0 aromatic carbocycles. The van der Waals surface area contributed by atoms with E-state index >= 15 is 0 Å². The van der Waals surface area contributed by atoms with E-state index in [4.69, 9.17) is 13.0 Å². The molecule has 0 fully saturated rings. The summed E-state index contributed by atoms with van der Waals surface area (Å²) in [5.41, 5.74) is 0. The van der Waals surface area contributed by atoms with Crippen molar-refractivity contribution in [1.82, 2.24) is 0 Å². The third-order valence-corrected chi connectivity index (χ3v) is 0.350. The Morgan fingerprint density at radius 3 is 2.20 bits per heavy atom. The van der Waals surface area contributed by atoms with Gasteiger partial charge in [0.15, 0.2) is 0 Å². The van der Waals surface area contributed by atoms with Gasteiger partial charge in [-0.2, -0.15) is 12.6 Å². The molecule has 1 unspecified atom stereocenters. The molecule has 0 heterocycles. The average molecular weight is 87.9 g/mol. The molecule has 0 aliphatic rings. The molecule has 0 spiro atoms. The Hall–Kier alpha value is 0.375. The number of aliphatic hydroxyl groups excluding tert-OH is 1. The molecular formula is C2H5BOS. The molecule has 0 aliphatic heterocycles. The highest BCUT2D eigenvalue weighted by Gasteiger charge is 1.82. The SMILES string of the molecule is [B]C(S)CO. The lowest BCUT2D eigenvalue weighted by Crippen LogP contribution is -2.01. The lowest BCUT2D eigenvalue weighted by Gasteiger charge is -1.89. The van der Waals surface area contributed by atoms with E-state index in [0.717, 1.165) is 0 Å². The number of aliphatic hydroxyl groups is 1. The van der Waals surface area contributed by atoms with Crippen molar-refractivity contribution in [3.05, 3.63) is 0 Å². The average Bonchev–Trinajstić information content (AvgIpc) is 1.38. The van der Waals surface area contributed by atoms with Crippen LogP contribution in [0.5, 0.6) is 0 Å². The molecule has 0 aromatic heterocycles. The van der Waals surface area contributed by atoms with Gasteiger partial charge in [0.1, 0.15) is 0 Å². The van der Waals surface area contributed by atoms with Crippen LogP contribution in [0.3, 0.4) is 0 Å². The zero-order valence-corrected chi connectivity index (χ0v) is 3.65. The minimum atomic E-state index is -0.366. The third-order valence-electron chi connectivity index (χ3n) is 0.187. The Morgan fingerprint density at radius 1 is 2.00 bits per heavy atom. The van der Waals surface area contributed by atoms with Crippen molar-refractivity contribution in [2.24, 2.45) is 0 Å². The molecule has 28 valence electrons. The molecule has 1 atom stereocenters. The molecule has 0 amide bonds. The Morgan fingerprint density at radius 2 is 2.20 bits per heavy atom. The number of hydrogen-bond acceptors (Lipinski definition) is 2. The monoisotopic (exact) mass is 88.0 g/mol. The standard InChI is InChI=1S/C2H5BOS/c3-2(5)1-4/h2,4-5H,1H2. The highest BCUT2D eigenvalue weighted by Crippen LogP contribution is 1.79. The topological polar surface area (TPSA) is 20.2 Å². The van der Waals surface area contributed by atoms with Gasteiger partial charge in [-0.25, -0.2) is 0 Å². The van der Waals surface area contributed by atoms with Crippen LogP contribution < -0.4 is 0 Å². The maximum Gasteiger partial charge on any atom is 0.0874 e. The van der Waals surface area contributed by atoms with Crippen LogP contribution in [0.4, 0.5) is 0 Å². The van der Waals surface area contributed by atoms with Crippen molar-refractivity contribution in [1.29, 1.82) is 0 Å². The fourth-order valence-corrected chi connectivity index (χ4v) is 0. The van der Waals surface area contributed by atoms with Crippen molar-refractivity contribution < 1.29 is 5.11 Å². The number of hydrogen-bond donors (Lipinski definition) is 2. The third kappa shape index (κ3) is 4.37. The normalized spacial score (nSPS) is 14.8. The fourth-order valence-electron chi connectivity index (χ4n) is 0. The first-order chi connectivity index (χ1) is 2.27. The largest absolute Gasteiger partial charge is 0.396 e. The second kappa shape index (κ2) is 2.60. The molecule has 0 rings (SSSR count). The van der Waals surface area contributed by atoms with Gasteiger partial charge in [0, 0.05) is 6.61 Å². The van der Waals surface area contributed by atoms with Gasteiger partial charge in [-0.1, -0.05) is 0 Å². The van der Waals surface area contributed by atoms with E-state index in [1.807, 2.05) is 0 Å². The van der Waals surface area contributed by atoms with Crippen LogP contribution in [-0.2, 0) is 0 Å². The highest BCUT2D eigenvalue weighted by atomic mass is 32.1. The lowest BCUT2D eigenvalue weighted by atomic mass is 10.1. The summed E-state index contributed by atoms with van der Waals surface area (Å²) < 4.78 is 0. The first-order valence-corrected chi connectivity index (χ1v) is 1.83. The van der Waals surface area contributed by atoms with E-state index in [-0.39, 0.29) is 11.8 Å². The summed E-state index contributed by atoms with van der Waals surface area (Å²) in [6.07, 6.45) is 0.